The Hall–Kier alpha value is -2.15. The zero-order valence-electron chi connectivity index (χ0n) is 14.2. The zero-order valence-corrected chi connectivity index (χ0v) is 14.2. The monoisotopic (exact) mass is 332 g/mol. The average Bonchev–Trinajstić information content (AvgIpc) is 3.24. The van der Waals surface area contributed by atoms with Crippen molar-refractivity contribution in [2.75, 3.05) is 13.1 Å². The molecular weight excluding hydrogens is 308 g/mol. The highest BCUT2D eigenvalue weighted by Crippen LogP contribution is 2.20. The highest BCUT2D eigenvalue weighted by molar-refractivity contribution is 5.66. The normalized spacial score (nSPS) is 16.6. The number of nitrogens with zero attached hydrogens (tertiary/aromatic N) is 4. The molecule has 7 heteroatoms. The maximum Gasteiger partial charge on any atom is 0.325 e. The number of likely N-dealkylation sites (tertiary alicyclic amines) is 1. The third-order valence-corrected chi connectivity index (χ3v) is 4.54. The molecule has 0 aromatic carbocycles. The van der Waals surface area contributed by atoms with Crippen molar-refractivity contribution in [3.63, 3.8) is 0 Å². The van der Waals surface area contributed by atoms with Crippen molar-refractivity contribution in [3.8, 4) is 11.6 Å². The number of carbonyl (C=O) groups is 1. The molecule has 0 amide bonds. The molecule has 3 rings (SSSR count). The molecule has 1 N–H and O–H groups in total. The lowest BCUT2D eigenvalue weighted by Crippen LogP contribution is -2.30. The van der Waals surface area contributed by atoms with E-state index in [4.69, 9.17) is 9.52 Å². The number of hydrogen-bond acceptors (Lipinski definition) is 5. The minimum Gasteiger partial charge on any atom is -0.480 e. The molecule has 0 saturated carbocycles. The second kappa shape index (κ2) is 7.17. The largest absolute Gasteiger partial charge is 0.480 e. The lowest BCUT2D eigenvalue weighted by molar-refractivity contribution is -0.137. The van der Waals surface area contributed by atoms with Crippen LogP contribution >= 0.6 is 0 Å². The SMILES string of the molecule is Cc1ccc(-c2nc(CC[C@H](C)N3CCCC3)n(CC(=O)O)n2)o1. The van der Waals surface area contributed by atoms with Gasteiger partial charge in [-0.3, -0.25) is 4.79 Å². The van der Waals surface area contributed by atoms with Crippen LogP contribution in [0.3, 0.4) is 0 Å². The van der Waals surface area contributed by atoms with Crippen LogP contribution in [0.15, 0.2) is 16.5 Å². The first-order valence-electron chi connectivity index (χ1n) is 8.49. The summed E-state index contributed by atoms with van der Waals surface area (Å²) in [5.41, 5.74) is 0. The summed E-state index contributed by atoms with van der Waals surface area (Å²) in [6.45, 7) is 6.20. The minimum atomic E-state index is -0.920. The summed E-state index contributed by atoms with van der Waals surface area (Å²) in [6.07, 6.45) is 4.18. The molecule has 1 aliphatic heterocycles. The molecule has 2 aromatic rings. The Balaban J connectivity index is 1.74. The number of hydrogen-bond donors (Lipinski definition) is 1. The first kappa shape index (κ1) is 16.7. The van der Waals surface area contributed by atoms with E-state index in [0.29, 0.717) is 29.9 Å². The van der Waals surface area contributed by atoms with Crippen LogP contribution in [0.4, 0.5) is 0 Å². The van der Waals surface area contributed by atoms with Crippen molar-refractivity contribution in [3.05, 3.63) is 23.7 Å². The summed E-state index contributed by atoms with van der Waals surface area (Å²) in [5.74, 6) is 1.59. The number of aromatic nitrogens is 3. The molecule has 1 fully saturated rings. The number of carboxylic acids is 1. The van der Waals surface area contributed by atoms with Crippen molar-refractivity contribution in [1.29, 1.82) is 0 Å². The first-order chi connectivity index (χ1) is 11.5. The van der Waals surface area contributed by atoms with E-state index in [0.717, 1.165) is 25.3 Å². The van der Waals surface area contributed by atoms with Crippen LogP contribution in [0.2, 0.25) is 0 Å². The topological polar surface area (TPSA) is 84.4 Å². The fourth-order valence-electron chi connectivity index (χ4n) is 3.18. The number of furan rings is 1. The summed E-state index contributed by atoms with van der Waals surface area (Å²) in [4.78, 5) is 18.1. The van der Waals surface area contributed by atoms with E-state index in [2.05, 4.69) is 21.9 Å². The fraction of sp³-hybridized carbons (Fsp3) is 0.588. The summed E-state index contributed by atoms with van der Waals surface area (Å²) in [6, 6.07) is 4.13. The van der Waals surface area contributed by atoms with Gasteiger partial charge in [-0.1, -0.05) is 0 Å². The highest BCUT2D eigenvalue weighted by atomic mass is 16.4. The van der Waals surface area contributed by atoms with Gasteiger partial charge < -0.3 is 14.4 Å². The van der Waals surface area contributed by atoms with E-state index >= 15 is 0 Å². The van der Waals surface area contributed by atoms with E-state index in [1.807, 2.05) is 19.1 Å². The molecule has 1 aliphatic rings. The van der Waals surface area contributed by atoms with Gasteiger partial charge in [0.25, 0.3) is 0 Å². The quantitative estimate of drug-likeness (QED) is 0.838. The Bertz CT molecular complexity index is 701. The second-order valence-electron chi connectivity index (χ2n) is 6.44. The molecule has 2 aromatic heterocycles. The Morgan fingerprint density at radius 3 is 2.75 bits per heavy atom. The molecule has 24 heavy (non-hydrogen) atoms. The summed E-state index contributed by atoms with van der Waals surface area (Å²) < 4.78 is 7.03. The van der Waals surface area contributed by atoms with Gasteiger partial charge in [0.05, 0.1) is 0 Å². The number of carboxylic acid groups (broad SMARTS) is 1. The molecule has 0 spiro atoms. The number of rotatable bonds is 7. The maximum atomic E-state index is 11.1. The van der Waals surface area contributed by atoms with Crippen LogP contribution in [0.1, 0.15) is 37.8 Å². The van der Waals surface area contributed by atoms with Crippen molar-refractivity contribution in [2.45, 2.75) is 52.1 Å². The predicted molar refractivity (Wildman–Crippen MR) is 88.7 cm³/mol. The van der Waals surface area contributed by atoms with Gasteiger partial charge in [-0.15, -0.1) is 5.10 Å². The lowest BCUT2D eigenvalue weighted by atomic mass is 10.1. The molecule has 0 unspecified atom stereocenters. The number of aryl methyl sites for hydroxylation is 2. The van der Waals surface area contributed by atoms with E-state index in [-0.39, 0.29) is 6.54 Å². The van der Waals surface area contributed by atoms with Gasteiger partial charge >= 0.3 is 5.97 Å². The molecular formula is C17H24N4O3. The second-order valence-corrected chi connectivity index (χ2v) is 6.44. The predicted octanol–water partition coefficient (Wildman–Crippen LogP) is 2.35. The molecule has 0 bridgehead atoms. The van der Waals surface area contributed by atoms with Crippen molar-refractivity contribution in [1.82, 2.24) is 19.7 Å². The Kier molecular flexibility index (Phi) is 4.99. The Morgan fingerprint density at radius 2 is 2.12 bits per heavy atom. The minimum absolute atomic E-state index is 0.180. The number of aliphatic carboxylic acids is 1. The summed E-state index contributed by atoms with van der Waals surface area (Å²) >= 11 is 0. The van der Waals surface area contributed by atoms with Gasteiger partial charge in [0.2, 0.25) is 5.82 Å². The molecule has 130 valence electrons. The fourth-order valence-corrected chi connectivity index (χ4v) is 3.18. The smallest absolute Gasteiger partial charge is 0.325 e. The van der Waals surface area contributed by atoms with Crippen LogP contribution in [-0.4, -0.2) is 49.9 Å². The lowest BCUT2D eigenvalue weighted by Gasteiger charge is -2.23. The molecule has 1 saturated heterocycles. The molecule has 7 nitrogen and oxygen atoms in total. The molecule has 0 aliphatic carbocycles. The van der Waals surface area contributed by atoms with Gasteiger partial charge in [0, 0.05) is 12.5 Å². The zero-order chi connectivity index (χ0) is 17.1. The van der Waals surface area contributed by atoms with Crippen LogP contribution < -0.4 is 0 Å². The van der Waals surface area contributed by atoms with Gasteiger partial charge in [-0.25, -0.2) is 9.67 Å². The van der Waals surface area contributed by atoms with E-state index in [1.54, 1.807) is 0 Å². The van der Waals surface area contributed by atoms with E-state index in [9.17, 15) is 4.79 Å². The highest BCUT2D eigenvalue weighted by Gasteiger charge is 2.20. The van der Waals surface area contributed by atoms with Crippen LogP contribution in [-0.2, 0) is 17.8 Å². The Labute approximate surface area is 141 Å². The standard InChI is InChI=1S/C17H24N4O3/c1-12(20-9-3-4-10-20)5-8-15-18-17(14-7-6-13(2)24-14)19-21(15)11-16(22)23/h6-7,12H,3-5,8-11H2,1-2H3,(H,22,23)/t12-/m0/s1. The molecule has 0 radical (unpaired) electrons. The third kappa shape index (κ3) is 3.84. The average molecular weight is 332 g/mol. The van der Waals surface area contributed by atoms with E-state index < -0.39 is 5.97 Å². The van der Waals surface area contributed by atoms with Gasteiger partial charge in [0.15, 0.2) is 5.76 Å². The third-order valence-electron chi connectivity index (χ3n) is 4.54. The van der Waals surface area contributed by atoms with Crippen molar-refractivity contribution < 1.29 is 14.3 Å². The van der Waals surface area contributed by atoms with Gasteiger partial charge in [0.1, 0.15) is 18.1 Å². The Morgan fingerprint density at radius 1 is 1.38 bits per heavy atom. The summed E-state index contributed by atoms with van der Waals surface area (Å²) in [5, 5.41) is 13.4. The molecule has 3 heterocycles. The maximum absolute atomic E-state index is 11.1. The van der Waals surface area contributed by atoms with Crippen LogP contribution in [0.25, 0.3) is 11.6 Å². The van der Waals surface area contributed by atoms with Crippen LogP contribution in [0.5, 0.6) is 0 Å². The van der Waals surface area contributed by atoms with Crippen LogP contribution in [0, 0.1) is 6.92 Å². The van der Waals surface area contributed by atoms with Gasteiger partial charge in [-0.2, -0.15) is 0 Å². The van der Waals surface area contributed by atoms with E-state index in [1.165, 1.54) is 17.5 Å². The van der Waals surface area contributed by atoms with Gasteiger partial charge in [-0.05, 0) is 58.3 Å². The summed E-state index contributed by atoms with van der Waals surface area (Å²) in [7, 11) is 0. The molecule has 1 atom stereocenters. The first-order valence-corrected chi connectivity index (χ1v) is 8.49. The van der Waals surface area contributed by atoms with Crippen molar-refractivity contribution >= 4 is 5.97 Å². The van der Waals surface area contributed by atoms with Crippen molar-refractivity contribution in [2.24, 2.45) is 0 Å².